The standard InChI is InChI=1S/C27H26ClF2N5O3/c1-27(2,3)38-26(37)34-23(17-7-9-18(29)10-8-17)25(36)32-14-22-33-21-5-4-12-31-24(21)35(22)15-16-6-11-20(30)19(28)13-16/h4-13,23H,14-15H2,1-3H3,(H,32,36)(H,34,37)/t23-/m1/s1. The summed E-state index contributed by atoms with van der Waals surface area (Å²) in [4.78, 5) is 34.7. The van der Waals surface area contributed by atoms with Crippen LogP contribution in [-0.4, -0.2) is 32.1 Å². The zero-order valence-electron chi connectivity index (χ0n) is 21.0. The summed E-state index contributed by atoms with van der Waals surface area (Å²) >= 11 is 5.96. The maximum Gasteiger partial charge on any atom is 0.408 e. The molecule has 0 saturated heterocycles. The number of pyridine rings is 1. The molecule has 4 aromatic rings. The smallest absolute Gasteiger partial charge is 0.408 e. The molecule has 0 saturated carbocycles. The quantitative estimate of drug-likeness (QED) is 0.331. The Bertz CT molecular complexity index is 1470. The molecule has 0 fully saturated rings. The predicted octanol–water partition coefficient (Wildman–Crippen LogP) is 5.29. The third kappa shape index (κ3) is 6.63. The first-order valence-corrected chi connectivity index (χ1v) is 12.1. The Balaban J connectivity index is 1.59. The van der Waals surface area contributed by atoms with E-state index < -0.39 is 35.3 Å². The Hall–Kier alpha value is -4.05. The third-order valence-electron chi connectivity index (χ3n) is 5.45. The number of nitrogens with zero attached hydrogens (tertiary/aromatic N) is 3. The number of alkyl carbamates (subject to hydrolysis) is 1. The van der Waals surface area contributed by atoms with Gasteiger partial charge >= 0.3 is 6.09 Å². The molecule has 0 spiro atoms. The molecule has 0 radical (unpaired) electrons. The SMILES string of the molecule is CC(C)(C)OC(=O)N[C@@H](C(=O)NCc1nc2cccnc2n1Cc1ccc(F)c(Cl)c1)c1ccc(F)cc1. The number of amides is 2. The Labute approximate surface area is 223 Å². The van der Waals surface area contributed by atoms with Crippen LogP contribution in [0.2, 0.25) is 5.02 Å². The first kappa shape index (κ1) is 27.0. The van der Waals surface area contributed by atoms with Crippen LogP contribution in [0.15, 0.2) is 60.8 Å². The lowest BCUT2D eigenvalue weighted by Gasteiger charge is -2.23. The van der Waals surface area contributed by atoms with Gasteiger partial charge in [0.15, 0.2) is 5.65 Å². The maximum atomic E-state index is 13.7. The van der Waals surface area contributed by atoms with Gasteiger partial charge in [-0.25, -0.2) is 23.5 Å². The minimum Gasteiger partial charge on any atom is -0.444 e. The van der Waals surface area contributed by atoms with Gasteiger partial charge in [-0.15, -0.1) is 0 Å². The summed E-state index contributed by atoms with van der Waals surface area (Å²) in [6, 6.07) is 12.0. The lowest BCUT2D eigenvalue weighted by atomic mass is 10.1. The molecular weight excluding hydrogens is 516 g/mol. The number of hydrogen-bond acceptors (Lipinski definition) is 5. The number of hydrogen-bond donors (Lipinski definition) is 2. The molecule has 11 heteroatoms. The van der Waals surface area contributed by atoms with Crippen LogP contribution in [0.3, 0.4) is 0 Å². The van der Waals surface area contributed by atoms with E-state index in [0.717, 1.165) is 0 Å². The molecule has 0 unspecified atom stereocenters. The van der Waals surface area contributed by atoms with Gasteiger partial charge in [-0.3, -0.25) is 4.79 Å². The van der Waals surface area contributed by atoms with E-state index in [9.17, 15) is 18.4 Å². The normalized spacial score (nSPS) is 12.3. The van der Waals surface area contributed by atoms with Crippen LogP contribution < -0.4 is 10.6 Å². The molecule has 4 rings (SSSR count). The van der Waals surface area contributed by atoms with Crippen LogP contribution in [0.1, 0.15) is 43.8 Å². The second-order valence-electron chi connectivity index (χ2n) is 9.56. The summed E-state index contributed by atoms with van der Waals surface area (Å²) in [6.07, 6.45) is 0.821. The molecule has 198 valence electrons. The lowest BCUT2D eigenvalue weighted by Crippen LogP contribution is -2.42. The van der Waals surface area contributed by atoms with Crippen molar-refractivity contribution in [1.82, 2.24) is 25.2 Å². The number of rotatable bonds is 7. The lowest BCUT2D eigenvalue weighted by molar-refractivity contribution is -0.123. The van der Waals surface area contributed by atoms with Crippen LogP contribution in [0, 0.1) is 11.6 Å². The number of halogens is 3. The molecule has 1 atom stereocenters. The summed E-state index contributed by atoms with van der Waals surface area (Å²) in [5.41, 5.74) is 1.47. The van der Waals surface area contributed by atoms with Crippen molar-refractivity contribution < 1.29 is 23.1 Å². The molecule has 2 amide bonds. The highest BCUT2D eigenvalue weighted by Crippen LogP contribution is 2.21. The van der Waals surface area contributed by atoms with E-state index in [0.29, 0.717) is 28.1 Å². The highest BCUT2D eigenvalue weighted by Gasteiger charge is 2.26. The van der Waals surface area contributed by atoms with Gasteiger partial charge in [0.05, 0.1) is 18.1 Å². The summed E-state index contributed by atoms with van der Waals surface area (Å²) < 4.78 is 34.3. The Kier molecular flexibility index (Phi) is 7.91. The van der Waals surface area contributed by atoms with Crippen molar-refractivity contribution in [1.29, 1.82) is 0 Å². The van der Waals surface area contributed by atoms with Gasteiger partial charge in [0.1, 0.15) is 34.6 Å². The van der Waals surface area contributed by atoms with E-state index >= 15 is 0 Å². The zero-order chi connectivity index (χ0) is 27.4. The molecular formula is C27H26ClF2N5O3. The van der Waals surface area contributed by atoms with Crippen molar-refractivity contribution in [2.24, 2.45) is 0 Å². The third-order valence-corrected chi connectivity index (χ3v) is 5.74. The Morgan fingerprint density at radius 3 is 2.53 bits per heavy atom. The fourth-order valence-electron chi connectivity index (χ4n) is 3.78. The fraction of sp³-hybridized carbons (Fsp3) is 0.259. The van der Waals surface area contributed by atoms with Crippen molar-refractivity contribution >= 4 is 34.8 Å². The average molecular weight is 542 g/mol. The molecule has 2 heterocycles. The van der Waals surface area contributed by atoms with Crippen LogP contribution in [0.4, 0.5) is 13.6 Å². The highest BCUT2D eigenvalue weighted by atomic mass is 35.5. The molecule has 0 bridgehead atoms. The van der Waals surface area contributed by atoms with Gasteiger partial charge in [-0.1, -0.05) is 29.8 Å². The van der Waals surface area contributed by atoms with Gasteiger partial charge < -0.3 is 19.9 Å². The van der Waals surface area contributed by atoms with Crippen molar-refractivity contribution in [3.05, 3.63) is 94.4 Å². The Morgan fingerprint density at radius 1 is 1.11 bits per heavy atom. The number of carbonyl (C=O) groups is 2. The second kappa shape index (κ2) is 11.1. The van der Waals surface area contributed by atoms with Crippen molar-refractivity contribution in [2.45, 2.75) is 45.5 Å². The zero-order valence-corrected chi connectivity index (χ0v) is 21.7. The number of imidazole rings is 1. The van der Waals surface area contributed by atoms with Crippen LogP contribution in [0.5, 0.6) is 0 Å². The first-order chi connectivity index (χ1) is 18.0. The molecule has 0 aliphatic heterocycles. The van der Waals surface area contributed by atoms with E-state index in [1.807, 2.05) is 0 Å². The predicted molar refractivity (Wildman–Crippen MR) is 138 cm³/mol. The number of fused-ring (bicyclic) bond motifs is 1. The minimum absolute atomic E-state index is 0.00918. The first-order valence-electron chi connectivity index (χ1n) is 11.8. The minimum atomic E-state index is -1.16. The van der Waals surface area contributed by atoms with Crippen molar-refractivity contribution in [2.75, 3.05) is 0 Å². The van der Waals surface area contributed by atoms with E-state index in [4.69, 9.17) is 16.3 Å². The second-order valence-corrected chi connectivity index (χ2v) is 9.96. The molecule has 0 aliphatic carbocycles. The van der Waals surface area contributed by atoms with E-state index in [-0.39, 0.29) is 18.1 Å². The molecule has 2 N–H and O–H groups in total. The average Bonchev–Trinajstić information content (AvgIpc) is 3.20. The molecule has 8 nitrogen and oxygen atoms in total. The number of benzene rings is 2. The molecule has 2 aromatic heterocycles. The van der Waals surface area contributed by atoms with Gasteiger partial charge in [0.25, 0.3) is 0 Å². The topological polar surface area (TPSA) is 98.1 Å². The monoisotopic (exact) mass is 541 g/mol. The number of ether oxygens (including phenoxy) is 1. The van der Waals surface area contributed by atoms with Crippen molar-refractivity contribution in [3.63, 3.8) is 0 Å². The van der Waals surface area contributed by atoms with Crippen molar-refractivity contribution in [3.8, 4) is 0 Å². The molecule has 2 aromatic carbocycles. The molecule has 0 aliphatic rings. The van der Waals surface area contributed by atoms with Crippen LogP contribution in [-0.2, 0) is 22.6 Å². The summed E-state index contributed by atoms with van der Waals surface area (Å²) in [7, 11) is 0. The van der Waals surface area contributed by atoms with E-state index in [1.54, 1.807) is 49.7 Å². The van der Waals surface area contributed by atoms with E-state index in [2.05, 4.69) is 20.6 Å². The number of nitrogens with one attached hydrogen (secondary N) is 2. The number of aromatic nitrogens is 3. The Morgan fingerprint density at radius 2 is 1.84 bits per heavy atom. The molecule has 38 heavy (non-hydrogen) atoms. The summed E-state index contributed by atoms with van der Waals surface area (Å²) in [6.45, 7) is 5.36. The largest absolute Gasteiger partial charge is 0.444 e. The van der Waals surface area contributed by atoms with Gasteiger partial charge in [0.2, 0.25) is 5.91 Å². The fourth-order valence-corrected chi connectivity index (χ4v) is 3.98. The maximum absolute atomic E-state index is 13.7. The van der Waals surface area contributed by atoms with Gasteiger partial charge in [0, 0.05) is 6.20 Å². The van der Waals surface area contributed by atoms with Gasteiger partial charge in [-0.2, -0.15) is 0 Å². The highest BCUT2D eigenvalue weighted by molar-refractivity contribution is 6.30. The van der Waals surface area contributed by atoms with E-state index in [1.165, 1.54) is 36.4 Å². The van der Waals surface area contributed by atoms with Crippen LogP contribution >= 0.6 is 11.6 Å². The summed E-state index contributed by atoms with van der Waals surface area (Å²) in [5, 5.41) is 5.33. The summed E-state index contributed by atoms with van der Waals surface area (Å²) in [5.74, 6) is -1.09. The van der Waals surface area contributed by atoms with Gasteiger partial charge in [-0.05, 0) is 68.3 Å². The van der Waals surface area contributed by atoms with Crippen LogP contribution in [0.25, 0.3) is 11.2 Å². The number of carbonyl (C=O) groups excluding carboxylic acids is 2.